The molecule has 3 aromatic rings. The van der Waals surface area contributed by atoms with Crippen LogP contribution >= 0.6 is 8.58 Å². The van der Waals surface area contributed by atoms with Crippen LogP contribution in [0.5, 0.6) is 5.75 Å². The molecular weight excluding hydrogens is 457 g/mol. The fraction of sp³-hybridized carbons (Fsp3) is 0.424. The van der Waals surface area contributed by atoms with Crippen LogP contribution in [-0.2, 0) is 10.6 Å². The quantitative estimate of drug-likeness (QED) is 0.168. The summed E-state index contributed by atoms with van der Waals surface area (Å²) in [6.07, 6.45) is 7.64. The number of aliphatic imine (C=N–C) groups is 1. The molecule has 0 saturated carbocycles. The molecule has 2 nitrogen and oxygen atoms in total. The summed E-state index contributed by atoms with van der Waals surface area (Å²) in [5.41, 5.74) is 6.79. The van der Waals surface area contributed by atoms with E-state index in [0.29, 0.717) is 14.3 Å². The van der Waals surface area contributed by atoms with E-state index in [0.717, 1.165) is 36.1 Å². The molecule has 0 heterocycles. The van der Waals surface area contributed by atoms with E-state index in [2.05, 4.69) is 71.9 Å². The van der Waals surface area contributed by atoms with Crippen molar-refractivity contribution >= 4 is 25.8 Å². The van der Waals surface area contributed by atoms with E-state index in [9.17, 15) is 5.11 Å². The van der Waals surface area contributed by atoms with Crippen molar-refractivity contribution in [3.63, 3.8) is 0 Å². The Bertz CT molecular complexity index is 1180. The zero-order valence-corrected chi connectivity index (χ0v) is 24.3. The molecule has 3 aromatic carbocycles. The zero-order valence-electron chi connectivity index (χ0n) is 23.3. The van der Waals surface area contributed by atoms with Gasteiger partial charge in [0.15, 0.2) is 0 Å². The first kappa shape index (κ1) is 28.1. The summed E-state index contributed by atoms with van der Waals surface area (Å²) in [7, 11) is 0.539. The summed E-state index contributed by atoms with van der Waals surface area (Å²) in [5, 5.41) is 12.6. The summed E-state index contributed by atoms with van der Waals surface area (Å²) in [6.45, 7) is 15.5. The first-order valence-corrected chi connectivity index (χ1v) is 14.4. The monoisotopic (exact) mass is 501 g/mol. The Hall–Kier alpha value is -2.44. The van der Waals surface area contributed by atoms with Gasteiger partial charge in [-0.05, 0) is 66.7 Å². The maximum absolute atomic E-state index is 11.4. The predicted molar refractivity (Wildman–Crippen MR) is 160 cm³/mol. The van der Waals surface area contributed by atoms with Crippen LogP contribution in [0.3, 0.4) is 0 Å². The molecule has 1 N–H and O–H groups in total. The SMILES string of the molecule is CCCCCC(CC)(Pc1ccc(C)cc1/C=N/c1ccccc1)c1cc(C(C)(C)C)cc(C)c1O. The van der Waals surface area contributed by atoms with Crippen LogP contribution in [0, 0.1) is 13.8 Å². The van der Waals surface area contributed by atoms with E-state index in [4.69, 9.17) is 4.99 Å². The van der Waals surface area contributed by atoms with Gasteiger partial charge in [0.25, 0.3) is 0 Å². The molecule has 0 aromatic heterocycles. The van der Waals surface area contributed by atoms with E-state index in [1.807, 2.05) is 43.5 Å². The van der Waals surface area contributed by atoms with Crippen molar-refractivity contribution in [2.45, 2.75) is 91.1 Å². The minimum atomic E-state index is -0.115. The topological polar surface area (TPSA) is 32.6 Å². The van der Waals surface area contributed by atoms with Crippen molar-refractivity contribution in [1.82, 2.24) is 0 Å². The molecule has 36 heavy (non-hydrogen) atoms. The molecule has 192 valence electrons. The summed E-state index contributed by atoms with van der Waals surface area (Å²) in [5.74, 6) is 0.473. The van der Waals surface area contributed by atoms with Crippen LogP contribution in [0.1, 0.15) is 94.5 Å². The number of hydrogen-bond donors (Lipinski definition) is 1. The number of rotatable bonds is 10. The van der Waals surface area contributed by atoms with Gasteiger partial charge in [0.05, 0.1) is 5.69 Å². The van der Waals surface area contributed by atoms with Crippen molar-refractivity contribution in [2.75, 3.05) is 0 Å². The van der Waals surface area contributed by atoms with Gasteiger partial charge >= 0.3 is 0 Å². The third-order valence-electron chi connectivity index (χ3n) is 7.18. The normalized spacial score (nSPS) is 14.1. The molecule has 0 radical (unpaired) electrons. The van der Waals surface area contributed by atoms with Crippen molar-refractivity contribution in [1.29, 1.82) is 0 Å². The van der Waals surface area contributed by atoms with Gasteiger partial charge in [0.2, 0.25) is 0 Å². The summed E-state index contributed by atoms with van der Waals surface area (Å²) in [6, 6.07) is 21.3. The number of aryl methyl sites for hydroxylation is 2. The lowest BCUT2D eigenvalue weighted by molar-refractivity contribution is 0.431. The summed E-state index contributed by atoms with van der Waals surface area (Å²) < 4.78 is 0. The van der Waals surface area contributed by atoms with Crippen LogP contribution in [-0.4, -0.2) is 11.3 Å². The van der Waals surface area contributed by atoms with Crippen molar-refractivity contribution in [3.05, 3.63) is 88.5 Å². The molecule has 3 heteroatoms. The number of benzene rings is 3. The Kier molecular flexibility index (Phi) is 9.53. The maximum Gasteiger partial charge on any atom is 0.122 e. The standard InChI is InChI=1S/C33H44NOP/c1-8-10-14-19-33(9-2,29-22-27(32(5,6)7)21-25(4)31(29)35)36-30-18-17-24(3)20-26(30)23-34-28-15-12-11-13-16-28/h11-13,15-18,20-23,35-36H,8-10,14,19H2,1-7H3/b34-23+. The van der Waals surface area contributed by atoms with Gasteiger partial charge in [-0.3, -0.25) is 4.99 Å². The van der Waals surface area contributed by atoms with Gasteiger partial charge in [-0.1, -0.05) is 110 Å². The number of unbranched alkanes of at least 4 members (excludes halogenated alkanes) is 2. The van der Waals surface area contributed by atoms with Crippen LogP contribution in [0.4, 0.5) is 5.69 Å². The lowest BCUT2D eigenvalue weighted by Gasteiger charge is -2.37. The van der Waals surface area contributed by atoms with Crippen molar-refractivity contribution in [2.24, 2.45) is 4.99 Å². The first-order valence-electron chi connectivity index (χ1n) is 13.4. The lowest BCUT2D eigenvalue weighted by atomic mass is 9.80. The number of para-hydroxylation sites is 1. The van der Waals surface area contributed by atoms with Crippen LogP contribution in [0.2, 0.25) is 0 Å². The van der Waals surface area contributed by atoms with Crippen LogP contribution in [0.25, 0.3) is 0 Å². The van der Waals surface area contributed by atoms with E-state index in [1.165, 1.54) is 34.8 Å². The highest BCUT2D eigenvalue weighted by atomic mass is 31.1. The average molecular weight is 502 g/mol. The van der Waals surface area contributed by atoms with Gasteiger partial charge in [0, 0.05) is 22.5 Å². The van der Waals surface area contributed by atoms with Crippen LogP contribution < -0.4 is 5.30 Å². The van der Waals surface area contributed by atoms with Gasteiger partial charge in [-0.2, -0.15) is 0 Å². The molecule has 0 spiro atoms. The van der Waals surface area contributed by atoms with Gasteiger partial charge in [0.1, 0.15) is 5.75 Å². The van der Waals surface area contributed by atoms with Gasteiger partial charge < -0.3 is 5.11 Å². The number of phenolic OH excluding ortho intramolecular Hbond substituents is 1. The van der Waals surface area contributed by atoms with Gasteiger partial charge in [-0.25, -0.2) is 0 Å². The average Bonchev–Trinajstić information content (AvgIpc) is 2.85. The lowest BCUT2D eigenvalue weighted by Crippen LogP contribution is -2.25. The van der Waals surface area contributed by atoms with E-state index in [1.54, 1.807) is 0 Å². The fourth-order valence-electron chi connectivity index (χ4n) is 4.79. The number of nitrogens with zero attached hydrogens (tertiary/aromatic N) is 1. The third-order valence-corrected chi connectivity index (χ3v) is 9.26. The van der Waals surface area contributed by atoms with Crippen molar-refractivity contribution in [3.8, 4) is 5.75 Å². The highest BCUT2D eigenvalue weighted by Gasteiger charge is 2.35. The molecule has 0 bridgehead atoms. The van der Waals surface area contributed by atoms with Crippen LogP contribution in [0.15, 0.2) is 65.7 Å². The molecule has 0 fully saturated rings. The Morgan fingerprint density at radius 1 is 0.917 bits per heavy atom. The molecule has 2 unspecified atom stereocenters. The molecule has 0 amide bonds. The Balaban J connectivity index is 2.14. The number of aromatic hydroxyl groups is 1. The highest BCUT2D eigenvalue weighted by molar-refractivity contribution is 7.48. The maximum atomic E-state index is 11.4. The minimum Gasteiger partial charge on any atom is -0.507 e. The second kappa shape index (κ2) is 12.2. The summed E-state index contributed by atoms with van der Waals surface area (Å²) in [4.78, 5) is 4.79. The molecule has 0 aliphatic rings. The molecule has 2 atom stereocenters. The minimum absolute atomic E-state index is 0.0244. The van der Waals surface area contributed by atoms with E-state index < -0.39 is 0 Å². The zero-order chi connectivity index (χ0) is 26.3. The molecule has 0 aliphatic heterocycles. The number of hydrogen-bond acceptors (Lipinski definition) is 2. The smallest absolute Gasteiger partial charge is 0.122 e. The Morgan fingerprint density at radius 2 is 1.64 bits per heavy atom. The molecule has 3 rings (SSSR count). The Labute approximate surface area is 221 Å². The van der Waals surface area contributed by atoms with E-state index >= 15 is 0 Å². The summed E-state index contributed by atoms with van der Waals surface area (Å²) >= 11 is 0. The van der Waals surface area contributed by atoms with Crippen molar-refractivity contribution < 1.29 is 5.11 Å². The van der Waals surface area contributed by atoms with E-state index in [-0.39, 0.29) is 10.6 Å². The highest BCUT2D eigenvalue weighted by Crippen LogP contribution is 2.52. The Morgan fingerprint density at radius 3 is 2.28 bits per heavy atom. The number of phenols is 1. The predicted octanol–water partition coefficient (Wildman–Crippen LogP) is 9.25. The molecule has 0 aliphatic carbocycles. The second-order valence-electron chi connectivity index (χ2n) is 11.1. The first-order chi connectivity index (χ1) is 17.1. The third kappa shape index (κ3) is 6.86. The fourth-order valence-corrected chi connectivity index (χ4v) is 6.56. The second-order valence-corrected chi connectivity index (χ2v) is 12.9. The largest absolute Gasteiger partial charge is 0.507 e. The molecule has 0 saturated heterocycles. The van der Waals surface area contributed by atoms with Gasteiger partial charge in [-0.15, -0.1) is 0 Å². The molecular formula is C33H44NOP.